The molecule has 0 aromatic heterocycles. The van der Waals surface area contributed by atoms with Gasteiger partial charge in [-0.05, 0) is 52.2 Å². The molecule has 17 heavy (non-hydrogen) atoms. The van der Waals surface area contributed by atoms with E-state index in [1.807, 2.05) is 20.8 Å². The highest BCUT2D eigenvalue weighted by atomic mass is 16.3. The minimum absolute atomic E-state index is 0.0847. The maximum absolute atomic E-state index is 9.89. The Bertz CT molecular complexity index is 354. The molecule has 2 atom stereocenters. The van der Waals surface area contributed by atoms with E-state index in [9.17, 15) is 5.11 Å². The summed E-state index contributed by atoms with van der Waals surface area (Å²) in [6.45, 7) is 10.0. The van der Waals surface area contributed by atoms with E-state index in [0.29, 0.717) is 6.04 Å². The first kappa shape index (κ1) is 14.2. The fourth-order valence-electron chi connectivity index (χ4n) is 1.86. The Morgan fingerprint density at radius 2 is 1.82 bits per heavy atom. The predicted molar refractivity (Wildman–Crippen MR) is 73.2 cm³/mol. The summed E-state index contributed by atoms with van der Waals surface area (Å²) in [7, 11) is 0. The van der Waals surface area contributed by atoms with Gasteiger partial charge in [-0.1, -0.05) is 24.3 Å². The largest absolute Gasteiger partial charge is 0.389 e. The molecule has 0 spiro atoms. The summed E-state index contributed by atoms with van der Waals surface area (Å²) in [4.78, 5) is 0. The number of aryl methyl sites for hydroxylation is 1. The summed E-state index contributed by atoms with van der Waals surface area (Å²) in [5, 5.41) is 13.3. The maximum atomic E-state index is 9.89. The lowest BCUT2D eigenvalue weighted by Crippen LogP contribution is -2.48. The van der Waals surface area contributed by atoms with Crippen LogP contribution in [0.4, 0.5) is 0 Å². The van der Waals surface area contributed by atoms with Crippen LogP contribution in [0.3, 0.4) is 0 Å². The molecule has 0 heterocycles. The Morgan fingerprint density at radius 1 is 1.24 bits per heavy atom. The summed E-state index contributed by atoms with van der Waals surface area (Å²) in [6.07, 6.45) is 0.993. The van der Waals surface area contributed by atoms with Gasteiger partial charge in [-0.3, -0.25) is 0 Å². The van der Waals surface area contributed by atoms with Gasteiger partial charge in [0.25, 0.3) is 0 Å². The number of hydrogen-bond acceptors (Lipinski definition) is 2. The Balaban J connectivity index is 2.56. The number of rotatable bonds is 5. The van der Waals surface area contributed by atoms with Gasteiger partial charge in [0.15, 0.2) is 0 Å². The van der Waals surface area contributed by atoms with Crippen LogP contribution < -0.4 is 5.32 Å². The van der Waals surface area contributed by atoms with E-state index in [1.54, 1.807) is 0 Å². The van der Waals surface area contributed by atoms with Crippen molar-refractivity contribution in [3.05, 3.63) is 35.4 Å². The van der Waals surface area contributed by atoms with Gasteiger partial charge < -0.3 is 10.4 Å². The minimum Gasteiger partial charge on any atom is -0.389 e. The van der Waals surface area contributed by atoms with Crippen molar-refractivity contribution in [3.63, 3.8) is 0 Å². The van der Waals surface area contributed by atoms with Crippen LogP contribution in [0.2, 0.25) is 0 Å². The van der Waals surface area contributed by atoms with Crippen LogP contribution in [-0.4, -0.2) is 22.8 Å². The Labute approximate surface area is 105 Å². The standard InChI is InChI=1S/C15H25NO/c1-11-8-6-7-9-14(11)10-12(2)16-13(3)15(4,5)17/h6-9,12-13,16-17H,10H2,1-5H3. The highest BCUT2D eigenvalue weighted by Gasteiger charge is 2.23. The number of benzene rings is 1. The van der Waals surface area contributed by atoms with Crippen LogP contribution >= 0.6 is 0 Å². The molecule has 0 radical (unpaired) electrons. The average Bonchev–Trinajstić information content (AvgIpc) is 2.20. The monoisotopic (exact) mass is 235 g/mol. The highest BCUT2D eigenvalue weighted by Crippen LogP contribution is 2.12. The van der Waals surface area contributed by atoms with Crippen molar-refractivity contribution < 1.29 is 5.11 Å². The molecule has 0 aliphatic carbocycles. The third kappa shape index (κ3) is 4.49. The summed E-state index contributed by atoms with van der Waals surface area (Å²) >= 11 is 0. The van der Waals surface area contributed by atoms with Gasteiger partial charge in [0.05, 0.1) is 5.60 Å². The lowest BCUT2D eigenvalue weighted by Gasteiger charge is -2.30. The molecule has 0 aliphatic heterocycles. The van der Waals surface area contributed by atoms with Gasteiger partial charge in [0.2, 0.25) is 0 Å². The molecule has 2 unspecified atom stereocenters. The van der Waals surface area contributed by atoms with Gasteiger partial charge in [-0.2, -0.15) is 0 Å². The third-order valence-electron chi connectivity index (χ3n) is 3.38. The molecule has 1 aromatic rings. The van der Waals surface area contributed by atoms with Gasteiger partial charge >= 0.3 is 0 Å². The fraction of sp³-hybridized carbons (Fsp3) is 0.600. The maximum Gasteiger partial charge on any atom is 0.0741 e. The highest BCUT2D eigenvalue weighted by molar-refractivity contribution is 5.26. The van der Waals surface area contributed by atoms with Crippen molar-refractivity contribution in [1.82, 2.24) is 5.32 Å². The van der Waals surface area contributed by atoms with Gasteiger partial charge in [0, 0.05) is 12.1 Å². The molecular weight excluding hydrogens is 210 g/mol. The van der Waals surface area contributed by atoms with Crippen molar-refractivity contribution in [2.45, 2.75) is 58.7 Å². The SMILES string of the molecule is Cc1ccccc1CC(C)NC(C)C(C)(C)O. The molecule has 2 heteroatoms. The molecule has 0 bridgehead atoms. The van der Waals surface area contributed by atoms with Crippen LogP contribution in [0.1, 0.15) is 38.8 Å². The van der Waals surface area contributed by atoms with E-state index in [4.69, 9.17) is 0 Å². The molecule has 2 nitrogen and oxygen atoms in total. The van der Waals surface area contributed by atoms with Crippen molar-refractivity contribution in [1.29, 1.82) is 0 Å². The average molecular weight is 235 g/mol. The molecule has 1 aromatic carbocycles. The lowest BCUT2D eigenvalue weighted by molar-refractivity contribution is 0.0406. The van der Waals surface area contributed by atoms with Crippen LogP contribution in [0, 0.1) is 6.92 Å². The van der Waals surface area contributed by atoms with E-state index in [1.165, 1.54) is 11.1 Å². The van der Waals surface area contributed by atoms with Crippen LogP contribution in [0.15, 0.2) is 24.3 Å². The van der Waals surface area contributed by atoms with Crippen LogP contribution in [0.25, 0.3) is 0 Å². The predicted octanol–water partition coefficient (Wildman–Crippen LogP) is 2.68. The van der Waals surface area contributed by atoms with Crippen LogP contribution in [0.5, 0.6) is 0 Å². The summed E-state index contributed by atoms with van der Waals surface area (Å²) < 4.78 is 0. The number of hydrogen-bond donors (Lipinski definition) is 2. The van der Waals surface area contributed by atoms with Crippen molar-refractivity contribution in [3.8, 4) is 0 Å². The topological polar surface area (TPSA) is 32.3 Å². The molecular formula is C15H25NO. The molecule has 1 rings (SSSR count). The normalized spacial score (nSPS) is 15.6. The van der Waals surface area contributed by atoms with Crippen molar-refractivity contribution in [2.75, 3.05) is 0 Å². The molecule has 0 aliphatic rings. The van der Waals surface area contributed by atoms with Crippen LogP contribution in [-0.2, 0) is 6.42 Å². The Hall–Kier alpha value is -0.860. The van der Waals surface area contributed by atoms with Gasteiger partial charge in [0.1, 0.15) is 0 Å². The Morgan fingerprint density at radius 3 is 2.35 bits per heavy atom. The van der Waals surface area contributed by atoms with E-state index in [0.717, 1.165) is 6.42 Å². The second kappa shape index (κ2) is 5.65. The lowest BCUT2D eigenvalue weighted by atomic mass is 9.97. The zero-order valence-corrected chi connectivity index (χ0v) is 11.6. The number of nitrogens with one attached hydrogen (secondary N) is 1. The molecule has 0 fully saturated rings. The quantitative estimate of drug-likeness (QED) is 0.822. The second-order valence-corrected chi connectivity index (χ2v) is 5.57. The van der Waals surface area contributed by atoms with E-state index < -0.39 is 5.60 Å². The van der Waals surface area contributed by atoms with Crippen molar-refractivity contribution >= 4 is 0 Å². The molecule has 96 valence electrons. The molecule has 0 amide bonds. The summed E-state index contributed by atoms with van der Waals surface area (Å²) in [5.74, 6) is 0. The second-order valence-electron chi connectivity index (χ2n) is 5.57. The van der Waals surface area contributed by atoms with Gasteiger partial charge in [-0.25, -0.2) is 0 Å². The minimum atomic E-state index is -0.681. The van der Waals surface area contributed by atoms with Gasteiger partial charge in [-0.15, -0.1) is 0 Å². The molecule has 0 saturated heterocycles. The fourth-order valence-corrected chi connectivity index (χ4v) is 1.86. The molecule has 0 saturated carbocycles. The first-order valence-electron chi connectivity index (χ1n) is 6.33. The summed E-state index contributed by atoms with van der Waals surface area (Å²) in [5.41, 5.74) is 2.02. The van der Waals surface area contributed by atoms with E-state index in [2.05, 4.69) is 43.4 Å². The van der Waals surface area contributed by atoms with E-state index >= 15 is 0 Å². The first-order chi connectivity index (χ1) is 7.80. The first-order valence-corrected chi connectivity index (χ1v) is 6.33. The summed E-state index contributed by atoms with van der Waals surface area (Å²) in [6, 6.07) is 8.90. The smallest absolute Gasteiger partial charge is 0.0741 e. The van der Waals surface area contributed by atoms with Crippen molar-refractivity contribution in [2.24, 2.45) is 0 Å². The zero-order valence-electron chi connectivity index (χ0n) is 11.6. The third-order valence-corrected chi connectivity index (χ3v) is 3.38. The zero-order chi connectivity index (χ0) is 13.1. The molecule has 2 N–H and O–H groups in total. The van der Waals surface area contributed by atoms with E-state index in [-0.39, 0.29) is 6.04 Å². The number of aliphatic hydroxyl groups is 1. The Kier molecular flexibility index (Phi) is 4.72.